The molecule has 0 aliphatic rings. The van der Waals surface area contributed by atoms with Gasteiger partial charge in [-0.2, -0.15) is 5.26 Å². The van der Waals surface area contributed by atoms with Crippen LogP contribution in [0.2, 0.25) is 0 Å². The van der Waals surface area contributed by atoms with E-state index in [0.717, 1.165) is 0 Å². The van der Waals surface area contributed by atoms with E-state index in [1.54, 1.807) is 6.07 Å². The molecule has 0 saturated heterocycles. The lowest BCUT2D eigenvalue weighted by Gasteiger charge is -2.24. The molecule has 0 bridgehead atoms. The smallest absolute Gasteiger partial charge is 0.303 e. The van der Waals surface area contributed by atoms with Gasteiger partial charge in [0.15, 0.2) is 6.10 Å². The van der Waals surface area contributed by atoms with E-state index in [9.17, 15) is 14.4 Å². The summed E-state index contributed by atoms with van der Waals surface area (Å²) >= 11 is 0. The van der Waals surface area contributed by atoms with Crippen LogP contribution in [0.3, 0.4) is 0 Å². The molecule has 0 saturated carbocycles. The Kier molecular flexibility index (Phi) is 7.19. The highest BCUT2D eigenvalue weighted by Crippen LogP contribution is 2.14. The Labute approximate surface area is 111 Å². The van der Waals surface area contributed by atoms with Crippen LogP contribution in [0.5, 0.6) is 0 Å². The number of ether oxygens (including phenoxy) is 3. The molecule has 0 aromatic carbocycles. The Bertz CT molecular complexity index is 386. The Balaban J connectivity index is 4.74. The molecule has 0 aliphatic heterocycles. The lowest BCUT2D eigenvalue weighted by molar-refractivity contribution is -0.167. The fourth-order valence-corrected chi connectivity index (χ4v) is 1.42. The van der Waals surface area contributed by atoms with E-state index in [2.05, 4.69) is 0 Å². The number of carbonyl (C=O) groups excluding carboxylic acids is 3. The van der Waals surface area contributed by atoms with Crippen LogP contribution in [0.25, 0.3) is 0 Å². The second-order valence-electron chi connectivity index (χ2n) is 3.93. The number of nitriles is 1. The van der Waals surface area contributed by atoms with Gasteiger partial charge in [0.2, 0.25) is 0 Å². The molecule has 106 valence electrons. The molecule has 7 nitrogen and oxygen atoms in total. The van der Waals surface area contributed by atoms with Crippen molar-refractivity contribution < 1.29 is 28.6 Å². The van der Waals surface area contributed by atoms with Gasteiger partial charge in [-0.15, -0.1) is 0 Å². The summed E-state index contributed by atoms with van der Waals surface area (Å²) in [4.78, 5) is 32.6. The van der Waals surface area contributed by atoms with Gasteiger partial charge in [0.25, 0.3) is 0 Å². The third-order valence-corrected chi connectivity index (χ3v) is 2.09. The molecular weight excluding hydrogens is 254 g/mol. The number of carbonyl (C=O) groups is 3. The Morgan fingerprint density at radius 3 is 1.84 bits per heavy atom. The SMILES string of the molecule is CC(=O)O[C@@H](C[C@H](C#N)OC(C)=O)[C@@H](C)OC(C)=O. The van der Waals surface area contributed by atoms with Crippen molar-refractivity contribution in [3.8, 4) is 6.07 Å². The standard InChI is InChI=1S/C12H17NO6/c1-7(17-8(2)14)12(19-10(4)16)5-11(6-13)18-9(3)15/h7,11-12H,5H2,1-4H3/t7-,11-,12+/m1/s1. The molecule has 0 radical (unpaired) electrons. The lowest BCUT2D eigenvalue weighted by Crippen LogP contribution is -2.35. The molecule has 3 atom stereocenters. The molecule has 7 heteroatoms. The summed E-state index contributed by atoms with van der Waals surface area (Å²) in [6.45, 7) is 5.10. The normalized spacial score (nSPS) is 14.5. The van der Waals surface area contributed by atoms with Gasteiger partial charge in [-0.3, -0.25) is 14.4 Å². The minimum absolute atomic E-state index is 0.0654. The van der Waals surface area contributed by atoms with E-state index in [-0.39, 0.29) is 6.42 Å². The lowest BCUT2D eigenvalue weighted by atomic mass is 10.1. The fourth-order valence-electron chi connectivity index (χ4n) is 1.42. The first-order valence-electron chi connectivity index (χ1n) is 5.67. The highest BCUT2D eigenvalue weighted by atomic mass is 16.6. The van der Waals surface area contributed by atoms with E-state index in [4.69, 9.17) is 19.5 Å². The molecule has 0 heterocycles. The molecule has 0 unspecified atom stereocenters. The fraction of sp³-hybridized carbons (Fsp3) is 0.667. The molecule has 0 aromatic heterocycles. The Morgan fingerprint density at radius 1 is 1.00 bits per heavy atom. The van der Waals surface area contributed by atoms with E-state index in [1.807, 2.05) is 0 Å². The van der Waals surface area contributed by atoms with Gasteiger partial charge in [-0.1, -0.05) is 0 Å². The van der Waals surface area contributed by atoms with E-state index >= 15 is 0 Å². The van der Waals surface area contributed by atoms with Crippen molar-refractivity contribution in [2.75, 3.05) is 0 Å². The van der Waals surface area contributed by atoms with Crippen molar-refractivity contribution in [1.82, 2.24) is 0 Å². The zero-order valence-corrected chi connectivity index (χ0v) is 11.3. The second kappa shape index (κ2) is 8.08. The topological polar surface area (TPSA) is 103 Å². The van der Waals surface area contributed by atoms with Gasteiger partial charge < -0.3 is 14.2 Å². The van der Waals surface area contributed by atoms with E-state index < -0.39 is 36.2 Å². The van der Waals surface area contributed by atoms with Crippen LogP contribution >= 0.6 is 0 Å². The third-order valence-electron chi connectivity index (χ3n) is 2.09. The van der Waals surface area contributed by atoms with Crippen LogP contribution in [0, 0.1) is 11.3 Å². The third kappa shape index (κ3) is 7.76. The van der Waals surface area contributed by atoms with E-state index in [1.165, 1.54) is 27.7 Å². The minimum atomic E-state index is -1.07. The molecule has 0 amide bonds. The van der Waals surface area contributed by atoms with Crippen LogP contribution in [0.1, 0.15) is 34.1 Å². The number of hydrogen-bond acceptors (Lipinski definition) is 7. The summed E-state index contributed by atoms with van der Waals surface area (Å²) in [6.07, 6.45) is -2.73. The largest absolute Gasteiger partial charge is 0.459 e. The average molecular weight is 271 g/mol. The molecular formula is C12H17NO6. The zero-order valence-electron chi connectivity index (χ0n) is 11.3. The summed E-state index contributed by atoms with van der Waals surface area (Å²) < 4.78 is 14.6. The summed E-state index contributed by atoms with van der Waals surface area (Å²) in [7, 11) is 0. The van der Waals surface area contributed by atoms with Gasteiger partial charge in [0.05, 0.1) is 0 Å². The Hall–Kier alpha value is -2.10. The monoisotopic (exact) mass is 271 g/mol. The molecule has 0 aliphatic carbocycles. The first kappa shape index (κ1) is 16.9. The molecule has 0 N–H and O–H groups in total. The first-order chi connectivity index (χ1) is 8.76. The van der Waals surface area contributed by atoms with Crippen molar-refractivity contribution in [3.63, 3.8) is 0 Å². The number of nitrogens with zero attached hydrogens (tertiary/aromatic N) is 1. The molecule has 19 heavy (non-hydrogen) atoms. The van der Waals surface area contributed by atoms with Gasteiger partial charge in [-0.25, -0.2) is 0 Å². The summed E-state index contributed by atoms with van der Waals surface area (Å²) in [6, 6.07) is 1.77. The maximum atomic E-state index is 11.0. The van der Waals surface area contributed by atoms with Gasteiger partial charge in [0.1, 0.15) is 18.3 Å². The minimum Gasteiger partial charge on any atom is -0.459 e. The van der Waals surface area contributed by atoms with Crippen molar-refractivity contribution in [2.24, 2.45) is 0 Å². The van der Waals surface area contributed by atoms with Gasteiger partial charge >= 0.3 is 17.9 Å². The maximum absolute atomic E-state index is 11.0. The van der Waals surface area contributed by atoms with Gasteiger partial charge in [-0.05, 0) is 6.92 Å². The molecule has 0 fully saturated rings. The van der Waals surface area contributed by atoms with E-state index in [0.29, 0.717) is 0 Å². The van der Waals surface area contributed by atoms with Crippen LogP contribution in [-0.4, -0.2) is 36.2 Å². The maximum Gasteiger partial charge on any atom is 0.303 e. The summed E-state index contributed by atoms with van der Waals surface area (Å²) in [5.74, 6) is -1.73. The van der Waals surface area contributed by atoms with Crippen molar-refractivity contribution in [1.29, 1.82) is 5.26 Å². The molecule has 0 rings (SSSR count). The number of rotatable bonds is 6. The first-order valence-corrected chi connectivity index (χ1v) is 5.67. The van der Waals surface area contributed by atoms with Crippen molar-refractivity contribution >= 4 is 17.9 Å². The number of esters is 3. The predicted octanol–water partition coefficient (Wildman–Crippen LogP) is 0.715. The average Bonchev–Trinajstić information content (AvgIpc) is 2.24. The van der Waals surface area contributed by atoms with Crippen LogP contribution < -0.4 is 0 Å². The Morgan fingerprint density at radius 2 is 1.47 bits per heavy atom. The zero-order chi connectivity index (χ0) is 15.0. The number of hydrogen-bond donors (Lipinski definition) is 0. The molecule has 0 aromatic rings. The van der Waals surface area contributed by atoms with Crippen LogP contribution in [0.4, 0.5) is 0 Å². The van der Waals surface area contributed by atoms with Crippen molar-refractivity contribution in [2.45, 2.75) is 52.4 Å². The highest BCUT2D eigenvalue weighted by molar-refractivity contribution is 5.67. The predicted molar refractivity (Wildman–Crippen MR) is 62.6 cm³/mol. The van der Waals surface area contributed by atoms with Gasteiger partial charge in [0, 0.05) is 27.2 Å². The summed E-state index contributed by atoms with van der Waals surface area (Å²) in [5.41, 5.74) is 0. The second-order valence-corrected chi connectivity index (χ2v) is 3.93. The summed E-state index contributed by atoms with van der Waals surface area (Å²) in [5, 5.41) is 8.85. The van der Waals surface area contributed by atoms with Crippen molar-refractivity contribution in [3.05, 3.63) is 0 Å². The van der Waals surface area contributed by atoms with Crippen LogP contribution in [0.15, 0.2) is 0 Å². The quantitative estimate of drug-likeness (QED) is 0.517. The molecule has 0 spiro atoms. The highest BCUT2D eigenvalue weighted by Gasteiger charge is 2.28. The van der Waals surface area contributed by atoms with Crippen LogP contribution in [-0.2, 0) is 28.6 Å².